The van der Waals surface area contributed by atoms with Gasteiger partial charge < -0.3 is 23.7 Å². The average Bonchev–Trinajstić information content (AvgIpc) is 3.16. The third-order valence-corrected chi connectivity index (χ3v) is 6.90. The van der Waals surface area contributed by atoms with E-state index in [-0.39, 0.29) is 17.1 Å². The van der Waals surface area contributed by atoms with Gasteiger partial charge >= 0.3 is 5.97 Å². The van der Waals surface area contributed by atoms with Gasteiger partial charge in [-0.05, 0) is 36.8 Å². The van der Waals surface area contributed by atoms with Crippen LogP contribution in [-0.4, -0.2) is 63.3 Å². The molecule has 2 aliphatic rings. The number of methoxy groups -OCH3 is 1. The summed E-state index contributed by atoms with van der Waals surface area (Å²) in [5.41, 5.74) is 2.68. The second kappa shape index (κ2) is 9.64. The molecule has 0 aliphatic carbocycles. The molecule has 182 valence electrons. The number of nitrogens with zero attached hydrogens (tertiary/aromatic N) is 1. The highest BCUT2D eigenvalue weighted by atomic mass is 16.5. The number of benzene rings is 2. The molecule has 0 bridgehead atoms. The third-order valence-electron chi connectivity index (χ3n) is 6.90. The van der Waals surface area contributed by atoms with E-state index >= 15 is 0 Å². The monoisotopic (exact) mass is 477 g/mol. The van der Waals surface area contributed by atoms with Crippen LogP contribution in [0.4, 0.5) is 0 Å². The summed E-state index contributed by atoms with van der Waals surface area (Å²) < 4.78 is 16.3. The maximum Gasteiger partial charge on any atom is 0.337 e. The maximum absolute atomic E-state index is 13.7. The van der Waals surface area contributed by atoms with Gasteiger partial charge in [0.25, 0.3) is 5.91 Å². The Bertz CT molecular complexity index is 1320. The smallest absolute Gasteiger partial charge is 0.337 e. The van der Waals surface area contributed by atoms with E-state index in [4.69, 9.17) is 13.9 Å². The zero-order valence-electron chi connectivity index (χ0n) is 20.0. The number of amides is 1. The first-order chi connectivity index (χ1) is 17.0. The molecule has 8 heteroatoms. The molecule has 1 saturated heterocycles. The number of rotatable bonds is 6. The molecular formula is C27H29N2O6+. The highest BCUT2D eigenvalue weighted by Gasteiger charge is 2.42. The summed E-state index contributed by atoms with van der Waals surface area (Å²) >= 11 is 0. The van der Waals surface area contributed by atoms with Gasteiger partial charge in [0.05, 0.1) is 49.4 Å². The molecular weight excluding hydrogens is 448 g/mol. The standard InChI is InChI=1S/C27H28N2O6/c1-17-4-9-21-20(16-17)24(30)22-23(18-5-7-19(8-6-18)27(32)33-2)29(26(31)25(22)35-21)11-3-10-28-12-14-34-15-13-28/h4-9,16,23H,3,10-15H2,1-2H3/p+1/t23-/m1/s1. The lowest BCUT2D eigenvalue weighted by atomic mass is 9.97. The number of nitrogens with one attached hydrogen (secondary N) is 1. The Morgan fingerprint density at radius 1 is 1.11 bits per heavy atom. The molecule has 1 atom stereocenters. The van der Waals surface area contributed by atoms with Crippen molar-refractivity contribution in [1.82, 2.24) is 4.90 Å². The van der Waals surface area contributed by atoms with Crippen LogP contribution < -0.4 is 10.3 Å². The number of quaternary nitrogens is 1. The number of esters is 1. The Hall–Kier alpha value is -3.49. The summed E-state index contributed by atoms with van der Waals surface area (Å²) in [4.78, 5) is 42.3. The number of aryl methyl sites for hydroxylation is 1. The fraction of sp³-hybridized carbons (Fsp3) is 0.370. The molecule has 2 aromatic carbocycles. The third kappa shape index (κ3) is 4.35. The van der Waals surface area contributed by atoms with Gasteiger partial charge in [-0.2, -0.15) is 0 Å². The Kier molecular flexibility index (Phi) is 6.40. The Balaban J connectivity index is 1.53. The SMILES string of the molecule is COC(=O)c1ccc([C@@H]2c3c(oc4ccc(C)cc4c3=O)C(=O)N2CCC[NH+]2CCOCC2)cc1. The van der Waals surface area contributed by atoms with Gasteiger partial charge in [0.1, 0.15) is 18.7 Å². The summed E-state index contributed by atoms with van der Waals surface area (Å²) in [5.74, 6) is -0.614. The molecule has 35 heavy (non-hydrogen) atoms. The molecule has 1 amide bonds. The average molecular weight is 478 g/mol. The van der Waals surface area contributed by atoms with Crippen LogP contribution in [0.15, 0.2) is 51.7 Å². The first kappa shape index (κ1) is 23.3. The number of morpholine rings is 1. The van der Waals surface area contributed by atoms with Crippen molar-refractivity contribution in [3.05, 3.63) is 80.7 Å². The lowest BCUT2D eigenvalue weighted by molar-refractivity contribution is -0.908. The lowest BCUT2D eigenvalue weighted by Gasteiger charge is -2.27. The molecule has 0 unspecified atom stereocenters. The second-order valence-corrected chi connectivity index (χ2v) is 9.15. The van der Waals surface area contributed by atoms with Crippen molar-refractivity contribution in [1.29, 1.82) is 0 Å². The topological polar surface area (TPSA) is 90.5 Å². The first-order valence-electron chi connectivity index (χ1n) is 12.0. The van der Waals surface area contributed by atoms with Crippen molar-refractivity contribution in [3.63, 3.8) is 0 Å². The number of hydrogen-bond acceptors (Lipinski definition) is 6. The van der Waals surface area contributed by atoms with Crippen LogP contribution in [0.5, 0.6) is 0 Å². The molecule has 5 rings (SSSR count). The van der Waals surface area contributed by atoms with Crippen LogP contribution in [0.2, 0.25) is 0 Å². The van der Waals surface area contributed by atoms with Gasteiger partial charge in [-0.1, -0.05) is 23.8 Å². The van der Waals surface area contributed by atoms with Crippen LogP contribution in [0, 0.1) is 6.92 Å². The Morgan fingerprint density at radius 3 is 2.57 bits per heavy atom. The Morgan fingerprint density at radius 2 is 1.86 bits per heavy atom. The van der Waals surface area contributed by atoms with Crippen molar-refractivity contribution in [2.24, 2.45) is 0 Å². The van der Waals surface area contributed by atoms with Crippen molar-refractivity contribution in [2.75, 3.05) is 46.5 Å². The number of carbonyl (C=O) groups is 2. The van der Waals surface area contributed by atoms with E-state index in [0.29, 0.717) is 28.6 Å². The Labute approximate surface area is 203 Å². The van der Waals surface area contributed by atoms with Crippen molar-refractivity contribution in [3.8, 4) is 0 Å². The van der Waals surface area contributed by atoms with E-state index < -0.39 is 12.0 Å². The molecule has 0 spiro atoms. The minimum Gasteiger partial charge on any atom is -0.465 e. The van der Waals surface area contributed by atoms with Gasteiger partial charge in [-0.25, -0.2) is 4.79 Å². The van der Waals surface area contributed by atoms with E-state index in [1.165, 1.54) is 12.0 Å². The second-order valence-electron chi connectivity index (χ2n) is 9.15. The number of ether oxygens (including phenoxy) is 2. The molecule has 0 saturated carbocycles. The zero-order chi connectivity index (χ0) is 24.5. The van der Waals surface area contributed by atoms with Crippen LogP contribution >= 0.6 is 0 Å². The van der Waals surface area contributed by atoms with Crippen molar-refractivity contribution >= 4 is 22.8 Å². The molecule has 1 aromatic heterocycles. The fourth-order valence-electron chi connectivity index (χ4n) is 5.04. The van der Waals surface area contributed by atoms with Crippen molar-refractivity contribution < 1.29 is 28.4 Å². The summed E-state index contributed by atoms with van der Waals surface area (Å²) in [6.07, 6.45) is 0.790. The van der Waals surface area contributed by atoms with Gasteiger partial charge in [0.15, 0.2) is 5.43 Å². The predicted octanol–water partition coefficient (Wildman–Crippen LogP) is 1.74. The molecule has 2 aliphatic heterocycles. The fourth-order valence-corrected chi connectivity index (χ4v) is 5.04. The minimum absolute atomic E-state index is 0.104. The summed E-state index contributed by atoms with van der Waals surface area (Å²) in [6.45, 7) is 6.74. The van der Waals surface area contributed by atoms with Crippen LogP contribution in [0.25, 0.3) is 11.0 Å². The normalized spacial score (nSPS) is 18.2. The van der Waals surface area contributed by atoms with Crippen LogP contribution in [0.1, 0.15) is 50.1 Å². The molecule has 8 nitrogen and oxygen atoms in total. The molecule has 3 heterocycles. The van der Waals surface area contributed by atoms with E-state index in [0.717, 1.165) is 50.4 Å². The highest BCUT2D eigenvalue weighted by Crippen LogP contribution is 2.38. The largest absolute Gasteiger partial charge is 0.465 e. The number of hydrogen-bond donors (Lipinski definition) is 1. The van der Waals surface area contributed by atoms with Gasteiger partial charge in [-0.3, -0.25) is 9.59 Å². The molecule has 0 radical (unpaired) electrons. The van der Waals surface area contributed by atoms with Crippen LogP contribution in [0.3, 0.4) is 0 Å². The predicted molar refractivity (Wildman–Crippen MR) is 129 cm³/mol. The van der Waals surface area contributed by atoms with E-state index in [1.54, 1.807) is 41.3 Å². The quantitative estimate of drug-likeness (QED) is 0.544. The highest BCUT2D eigenvalue weighted by molar-refractivity contribution is 5.99. The van der Waals surface area contributed by atoms with Gasteiger partial charge in [0.2, 0.25) is 5.76 Å². The van der Waals surface area contributed by atoms with Crippen LogP contribution in [-0.2, 0) is 9.47 Å². The summed E-state index contributed by atoms with van der Waals surface area (Å²) in [5, 5.41) is 0.465. The molecule has 1 fully saturated rings. The first-order valence-corrected chi connectivity index (χ1v) is 12.0. The minimum atomic E-state index is -0.579. The molecule has 3 aromatic rings. The van der Waals surface area contributed by atoms with E-state index in [9.17, 15) is 14.4 Å². The van der Waals surface area contributed by atoms with Crippen molar-refractivity contribution in [2.45, 2.75) is 19.4 Å². The summed E-state index contributed by atoms with van der Waals surface area (Å²) in [7, 11) is 1.33. The lowest BCUT2D eigenvalue weighted by Crippen LogP contribution is -3.14. The molecule has 1 N–H and O–H groups in total. The van der Waals surface area contributed by atoms with E-state index in [1.807, 2.05) is 13.0 Å². The number of carbonyl (C=O) groups excluding carboxylic acids is 2. The van der Waals surface area contributed by atoms with Gasteiger partial charge in [-0.15, -0.1) is 0 Å². The van der Waals surface area contributed by atoms with Gasteiger partial charge in [0, 0.05) is 13.0 Å². The summed E-state index contributed by atoms with van der Waals surface area (Å²) in [6, 6.07) is 11.7. The van der Waals surface area contributed by atoms with E-state index in [2.05, 4.69) is 0 Å². The number of fused-ring (bicyclic) bond motifs is 2. The maximum atomic E-state index is 13.7. The zero-order valence-corrected chi connectivity index (χ0v) is 20.0.